The van der Waals surface area contributed by atoms with Gasteiger partial charge in [0.25, 0.3) is 0 Å². The molecule has 3 aliphatic heterocycles. The van der Waals surface area contributed by atoms with Crippen LogP contribution in [0.4, 0.5) is 0 Å². The Morgan fingerprint density at radius 1 is 1.46 bits per heavy atom. The number of Topliss-reactive ketones (excluding diaryl/α,β-unsaturated/α-hetero) is 2. The van der Waals surface area contributed by atoms with E-state index >= 15 is 0 Å². The monoisotopic (exact) mass is 332 g/mol. The second-order valence-electron chi connectivity index (χ2n) is 6.53. The molecule has 1 aliphatic carbocycles. The Morgan fingerprint density at radius 2 is 2.21 bits per heavy atom. The number of carbonyl (C=O) groups excluding carboxylic acids is 2. The quantitative estimate of drug-likeness (QED) is 0.397. The molecule has 2 N–H and O–H groups in total. The van der Waals surface area contributed by atoms with Gasteiger partial charge in [0.2, 0.25) is 11.6 Å². The van der Waals surface area contributed by atoms with E-state index in [1.807, 2.05) is 4.90 Å². The minimum atomic E-state index is -0.885. The zero-order valence-electron chi connectivity index (χ0n) is 13.7. The first-order valence-corrected chi connectivity index (χ1v) is 8.00. The fourth-order valence-corrected chi connectivity index (χ4v) is 4.44. The molecule has 0 aromatic rings. The molecule has 128 valence electrons. The van der Waals surface area contributed by atoms with E-state index in [0.29, 0.717) is 17.8 Å². The maximum absolute atomic E-state index is 13.0. The van der Waals surface area contributed by atoms with Crippen LogP contribution in [0.1, 0.15) is 6.92 Å². The summed E-state index contributed by atoms with van der Waals surface area (Å²) in [5.74, 6) is -1.12. The van der Waals surface area contributed by atoms with Gasteiger partial charge < -0.3 is 24.8 Å². The number of hydrogen-bond acceptors (Lipinski definition) is 7. The number of ether oxygens (including phenoxy) is 2. The number of nitrogens with zero attached hydrogens (tertiary/aromatic N) is 1. The van der Waals surface area contributed by atoms with Crippen LogP contribution in [0.2, 0.25) is 0 Å². The van der Waals surface area contributed by atoms with Crippen LogP contribution in [0.3, 0.4) is 0 Å². The summed E-state index contributed by atoms with van der Waals surface area (Å²) in [4.78, 5) is 27.8. The predicted octanol–water partition coefficient (Wildman–Crippen LogP) is -0.510. The molecule has 4 aliphatic rings. The van der Waals surface area contributed by atoms with E-state index in [1.165, 1.54) is 6.08 Å². The summed E-state index contributed by atoms with van der Waals surface area (Å²) < 4.78 is 11.3. The summed E-state index contributed by atoms with van der Waals surface area (Å²) in [5.41, 5.74) is 0.0704. The number of rotatable bonds is 5. The SMILES string of the molecule is C=CCOC1=C(C)C(=O)C2=C(C1=O)C(CO)C1(OC)C3NC3CN21. The molecule has 0 radical (unpaired) electrons. The Balaban J connectivity index is 1.82. The van der Waals surface area contributed by atoms with Gasteiger partial charge in [-0.2, -0.15) is 0 Å². The average molecular weight is 332 g/mol. The fourth-order valence-electron chi connectivity index (χ4n) is 4.44. The second kappa shape index (κ2) is 5.02. The number of carbonyl (C=O) groups is 2. The zero-order chi connectivity index (χ0) is 17.2. The summed E-state index contributed by atoms with van der Waals surface area (Å²) in [6.07, 6.45) is 1.52. The average Bonchev–Trinajstić information content (AvgIpc) is 3.19. The molecular weight excluding hydrogens is 312 g/mol. The highest BCUT2D eigenvalue weighted by molar-refractivity contribution is 6.25. The maximum atomic E-state index is 13.0. The smallest absolute Gasteiger partial charge is 0.226 e. The first-order chi connectivity index (χ1) is 11.5. The number of piperazine rings is 1. The fraction of sp³-hybridized carbons (Fsp3) is 0.529. The van der Waals surface area contributed by atoms with Crippen LogP contribution in [0.5, 0.6) is 0 Å². The number of fused-ring (bicyclic) bond motifs is 4. The third-order valence-corrected chi connectivity index (χ3v) is 5.51. The lowest BCUT2D eigenvalue weighted by Crippen LogP contribution is -2.54. The van der Waals surface area contributed by atoms with Crippen LogP contribution in [0.15, 0.2) is 35.3 Å². The number of methoxy groups -OCH3 is 1. The van der Waals surface area contributed by atoms with Crippen LogP contribution in [-0.2, 0) is 19.1 Å². The highest BCUT2D eigenvalue weighted by Crippen LogP contribution is 2.55. The molecule has 4 rings (SSSR count). The van der Waals surface area contributed by atoms with Crippen molar-refractivity contribution >= 4 is 11.6 Å². The summed E-state index contributed by atoms with van der Waals surface area (Å²) in [5, 5.41) is 13.3. The van der Waals surface area contributed by atoms with Crippen molar-refractivity contribution in [2.45, 2.75) is 24.7 Å². The highest BCUT2D eigenvalue weighted by atomic mass is 16.5. The van der Waals surface area contributed by atoms with Crippen molar-refractivity contribution in [3.8, 4) is 0 Å². The number of aliphatic hydroxyl groups excluding tert-OH is 1. The van der Waals surface area contributed by atoms with Crippen molar-refractivity contribution in [1.29, 1.82) is 0 Å². The van der Waals surface area contributed by atoms with Crippen molar-refractivity contribution in [2.24, 2.45) is 5.92 Å². The lowest BCUT2D eigenvalue weighted by Gasteiger charge is -2.39. The number of allylic oxidation sites excluding steroid dienone is 2. The second-order valence-corrected chi connectivity index (χ2v) is 6.53. The van der Waals surface area contributed by atoms with Crippen molar-refractivity contribution in [2.75, 3.05) is 26.9 Å². The van der Waals surface area contributed by atoms with E-state index < -0.39 is 11.6 Å². The Hall–Kier alpha value is -1.96. The predicted molar refractivity (Wildman–Crippen MR) is 83.6 cm³/mol. The van der Waals surface area contributed by atoms with Crippen molar-refractivity contribution in [1.82, 2.24) is 10.2 Å². The van der Waals surface area contributed by atoms with Gasteiger partial charge in [-0.25, -0.2) is 0 Å². The molecule has 2 fully saturated rings. The van der Waals surface area contributed by atoms with Gasteiger partial charge in [-0.1, -0.05) is 12.7 Å². The number of nitrogens with one attached hydrogen (secondary N) is 1. The Morgan fingerprint density at radius 3 is 2.83 bits per heavy atom. The van der Waals surface area contributed by atoms with Crippen LogP contribution >= 0.6 is 0 Å². The van der Waals surface area contributed by atoms with Crippen molar-refractivity contribution < 1.29 is 24.2 Å². The van der Waals surface area contributed by atoms with E-state index in [2.05, 4.69) is 11.9 Å². The van der Waals surface area contributed by atoms with E-state index in [1.54, 1.807) is 14.0 Å². The summed E-state index contributed by atoms with van der Waals surface area (Å²) in [6.45, 7) is 5.61. The molecule has 0 bridgehead atoms. The van der Waals surface area contributed by atoms with Crippen LogP contribution in [-0.4, -0.2) is 66.2 Å². The lowest BCUT2D eigenvalue weighted by molar-refractivity contribution is -0.137. The molecule has 4 unspecified atom stereocenters. The van der Waals surface area contributed by atoms with Crippen LogP contribution in [0.25, 0.3) is 0 Å². The molecule has 0 aromatic heterocycles. The third kappa shape index (κ3) is 1.62. The maximum Gasteiger partial charge on any atom is 0.226 e. The number of ketones is 2. The first kappa shape index (κ1) is 15.6. The van der Waals surface area contributed by atoms with Crippen LogP contribution in [0, 0.1) is 5.92 Å². The van der Waals surface area contributed by atoms with Crippen LogP contribution < -0.4 is 5.32 Å². The van der Waals surface area contributed by atoms with E-state index in [0.717, 1.165) is 0 Å². The molecular formula is C17H20N2O5. The minimum Gasteiger partial charge on any atom is -0.485 e. The Bertz CT molecular complexity index is 724. The van der Waals surface area contributed by atoms with Gasteiger partial charge in [-0.05, 0) is 6.92 Å². The molecule has 4 atom stereocenters. The highest BCUT2D eigenvalue weighted by Gasteiger charge is 2.72. The van der Waals surface area contributed by atoms with E-state index in [4.69, 9.17) is 9.47 Å². The number of hydrogen-bond donors (Lipinski definition) is 2. The molecule has 24 heavy (non-hydrogen) atoms. The minimum absolute atomic E-state index is 0.00343. The largest absolute Gasteiger partial charge is 0.485 e. The van der Waals surface area contributed by atoms with Gasteiger partial charge in [0, 0.05) is 30.8 Å². The molecule has 2 saturated heterocycles. The van der Waals surface area contributed by atoms with Gasteiger partial charge in [-0.3, -0.25) is 9.59 Å². The molecule has 0 spiro atoms. The lowest BCUT2D eigenvalue weighted by atomic mass is 9.83. The summed E-state index contributed by atoms with van der Waals surface area (Å²) >= 11 is 0. The van der Waals surface area contributed by atoms with Gasteiger partial charge in [-0.15, -0.1) is 0 Å². The van der Waals surface area contributed by atoms with Gasteiger partial charge in [0.05, 0.1) is 24.3 Å². The van der Waals surface area contributed by atoms with Gasteiger partial charge in [0.1, 0.15) is 6.61 Å². The normalized spacial score (nSPS) is 36.8. The molecule has 0 aromatic carbocycles. The van der Waals surface area contributed by atoms with Gasteiger partial charge >= 0.3 is 0 Å². The topological polar surface area (TPSA) is 98.0 Å². The van der Waals surface area contributed by atoms with E-state index in [-0.39, 0.29) is 48.2 Å². The molecule has 7 heteroatoms. The van der Waals surface area contributed by atoms with Gasteiger partial charge in [0.15, 0.2) is 11.5 Å². The number of aliphatic hydroxyl groups is 1. The Labute approximate surface area is 139 Å². The first-order valence-electron chi connectivity index (χ1n) is 8.00. The molecule has 0 saturated carbocycles. The zero-order valence-corrected chi connectivity index (χ0v) is 13.7. The molecule has 7 nitrogen and oxygen atoms in total. The Kier molecular flexibility index (Phi) is 3.25. The molecule has 3 heterocycles. The third-order valence-electron chi connectivity index (χ3n) is 5.51. The summed E-state index contributed by atoms with van der Waals surface area (Å²) in [6, 6.07) is 0.224. The van der Waals surface area contributed by atoms with Crippen molar-refractivity contribution in [3.63, 3.8) is 0 Å². The standard InChI is InChI=1S/C17H20N2O5/c1-4-5-24-15-8(2)13(21)12-11(14(15)22)9(7-20)17(23-3)16-10(18-16)6-19(12)17/h4,9-10,16,18,20H,1,5-7H2,2-3H3. The van der Waals surface area contributed by atoms with Crippen molar-refractivity contribution in [3.05, 3.63) is 35.3 Å². The summed E-state index contributed by atoms with van der Waals surface area (Å²) in [7, 11) is 1.56. The molecule has 0 amide bonds. The van der Waals surface area contributed by atoms with E-state index in [9.17, 15) is 14.7 Å².